The number of hydrogen-bond acceptors (Lipinski definition) is 2. The van der Waals surface area contributed by atoms with Crippen LogP contribution in [0.15, 0.2) is 18.2 Å². The molecule has 5 heteroatoms. The van der Waals surface area contributed by atoms with Crippen molar-refractivity contribution in [2.45, 2.75) is 38.2 Å². The zero-order valence-electron chi connectivity index (χ0n) is 12.6. The molecule has 1 saturated heterocycles. The van der Waals surface area contributed by atoms with Crippen LogP contribution in [0, 0.1) is 23.5 Å². The van der Waals surface area contributed by atoms with Crippen molar-refractivity contribution in [1.82, 2.24) is 4.90 Å². The van der Waals surface area contributed by atoms with Gasteiger partial charge in [-0.25, -0.2) is 8.78 Å². The molecule has 120 valence electrons. The number of hydrogen-bond donors (Lipinski definition) is 1. The molecule has 22 heavy (non-hydrogen) atoms. The van der Waals surface area contributed by atoms with Crippen molar-refractivity contribution in [1.29, 1.82) is 0 Å². The van der Waals surface area contributed by atoms with E-state index in [2.05, 4.69) is 0 Å². The van der Waals surface area contributed by atoms with Crippen LogP contribution in [0.1, 0.15) is 37.7 Å². The lowest BCUT2D eigenvalue weighted by Crippen LogP contribution is -2.41. The Balaban J connectivity index is 1.62. The van der Waals surface area contributed by atoms with Crippen molar-refractivity contribution in [3.63, 3.8) is 0 Å². The first kappa shape index (κ1) is 15.4. The zero-order valence-corrected chi connectivity index (χ0v) is 12.6. The maximum atomic E-state index is 13.8. The van der Waals surface area contributed by atoms with Gasteiger partial charge in [-0.3, -0.25) is 4.79 Å². The number of carbonyl (C=O) groups excluding carboxylic acids is 1. The molecule has 1 heterocycles. The minimum absolute atomic E-state index is 0.00306. The molecule has 1 aromatic carbocycles. The van der Waals surface area contributed by atoms with Crippen LogP contribution in [-0.4, -0.2) is 35.1 Å². The molecule has 2 fully saturated rings. The Morgan fingerprint density at radius 2 is 1.86 bits per heavy atom. The maximum Gasteiger partial charge on any atom is 0.226 e. The van der Waals surface area contributed by atoms with E-state index in [4.69, 9.17) is 0 Å². The summed E-state index contributed by atoms with van der Waals surface area (Å²) >= 11 is 0. The first-order chi connectivity index (χ1) is 10.5. The maximum absolute atomic E-state index is 13.8. The van der Waals surface area contributed by atoms with Gasteiger partial charge >= 0.3 is 0 Å². The van der Waals surface area contributed by atoms with E-state index in [1.807, 2.05) is 0 Å². The molecule has 1 saturated carbocycles. The Morgan fingerprint density at radius 1 is 1.27 bits per heavy atom. The molecule has 3 atom stereocenters. The molecular weight excluding hydrogens is 288 g/mol. The van der Waals surface area contributed by atoms with Gasteiger partial charge in [-0.15, -0.1) is 0 Å². The summed E-state index contributed by atoms with van der Waals surface area (Å²) in [7, 11) is 0. The quantitative estimate of drug-likeness (QED) is 0.932. The molecule has 0 radical (unpaired) electrons. The standard InChI is InChI=1S/C17H21F2NO2/c1-10(21)11-5-7-20(8-6-11)17(22)13-9-12(13)16-14(18)3-2-4-15(16)19/h2-4,10-13,21H,5-9H2,1H3. The summed E-state index contributed by atoms with van der Waals surface area (Å²) in [5.74, 6) is -1.52. The lowest BCUT2D eigenvalue weighted by molar-refractivity contribution is -0.134. The fourth-order valence-corrected chi connectivity index (χ4v) is 3.49. The van der Waals surface area contributed by atoms with Crippen molar-refractivity contribution in [2.75, 3.05) is 13.1 Å². The monoisotopic (exact) mass is 309 g/mol. The number of aliphatic hydroxyl groups excluding tert-OH is 1. The average Bonchev–Trinajstić information content (AvgIpc) is 3.26. The largest absolute Gasteiger partial charge is 0.393 e. The Kier molecular flexibility index (Phi) is 4.17. The molecule has 1 aliphatic carbocycles. The Morgan fingerprint density at radius 3 is 2.41 bits per heavy atom. The summed E-state index contributed by atoms with van der Waals surface area (Å²) in [6.45, 7) is 3.02. The van der Waals surface area contributed by atoms with E-state index in [1.165, 1.54) is 18.2 Å². The van der Waals surface area contributed by atoms with E-state index in [9.17, 15) is 18.7 Å². The molecule has 2 aliphatic rings. The van der Waals surface area contributed by atoms with E-state index in [-0.39, 0.29) is 35.3 Å². The van der Waals surface area contributed by atoms with Crippen LogP contribution >= 0.6 is 0 Å². The number of nitrogens with zero attached hydrogens (tertiary/aromatic N) is 1. The van der Waals surface area contributed by atoms with Gasteiger partial charge in [-0.1, -0.05) is 6.07 Å². The van der Waals surface area contributed by atoms with Crippen molar-refractivity contribution < 1.29 is 18.7 Å². The van der Waals surface area contributed by atoms with Gasteiger partial charge in [0.1, 0.15) is 11.6 Å². The van der Waals surface area contributed by atoms with Crippen molar-refractivity contribution >= 4 is 5.91 Å². The summed E-state index contributed by atoms with van der Waals surface area (Å²) in [6, 6.07) is 3.83. The molecule has 1 amide bonds. The van der Waals surface area contributed by atoms with Crippen LogP contribution < -0.4 is 0 Å². The minimum atomic E-state index is -0.562. The lowest BCUT2D eigenvalue weighted by Gasteiger charge is -2.33. The second-order valence-electron chi connectivity index (χ2n) is 6.49. The summed E-state index contributed by atoms with van der Waals surface area (Å²) < 4.78 is 27.5. The number of rotatable bonds is 3. The second-order valence-corrected chi connectivity index (χ2v) is 6.49. The number of piperidine rings is 1. The van der Waals surface area contributed by atoms with E-state index >= 15 is 0 Å². The van der Waals surface area contributed by atoms with Crippen LogP contribution in [-0.2, 0) is 4.79 Å². The molecule has 0 bridgehead atoms. The molecule has 0 aromatic heterocycles. The molecule has 3 nitrogen and oxygen atoms in total. The highest BCUT2D eigenvalue weighted by Gasteiger charge is 2.48. The van der Waals surface area contributed by atoms with Gasteiger partial charge < -0.3 is 10.0 Å². The molecule has 0 spiro atoms. The summed E-state index contributed by atoms with van der Waals surface area (Å²) in [4.78, 5) is 14.2. The molecule has 1 aromatic rings. The Bertz CT molecular complexity index is 548. The number of amides is 1. The summed E-state index contributed by atoms with van der Waals surface area (Å²) in [6.07, 6.45) is 1.75. The topological polar surface area (TPSA) is 40.5 Å². The van der Waals surface area contributed by atoms with Crippen LogP contribution in [0.25, 0.3) is 0 Å². The first-order valence-corrected chi connectivity index (χ1v) is 7.89. The zero-order chi connectivity index (χ0) is 15.9. The van der Waals surface area contributed by atoms with Crippen LogP contribution in [0.2, 0.25) is 0 Å². The Hall–Kier alpha value is -1.49. The summed E-state index contributed by atoms with van der Waals surface area (Å²) in [5.41, 5.74) is 0.0553. The molecule has 3 rings (SSSR count). The predicted molar refractivity (Wildman–Crippen MR) is 78.2 cm³/mol. The number of carbonyl (C=O) groups is 1. The van der Waals surface area contributed by atoms with Gasteiger partial charge in [0.2, 0.25) is 5.91 Å². The van der Waals surface area contributed by atoms with Gasteiger partial charge in [0.25, 0.3) is 0 Å². The third-order valence-corrected chi connectivity index (χ3v) is 5.01. The van der Waals surface area contributed by atoms with Gasteiger partial charge in [0.15, 0.2) is 0 Å². The number of benzene rings is 1. The second kappa shape index (κ2) is 5.95. The van der Waals surface area contributed by atoms with Gasteiger partial charge in [0.05, 0.1) is 6.10 Å². The number of halogens is 2. The van der Waals surface area contributed by atoms with Crippen molar-refractivity contribution in [2.24, 2.45) is 11.8 Å². The SMILES string of the molecule is CC(O)C1CCN(C(=O)C2CC2c2c(F)cccc2F)CC1. The van der Waals surface area contributed by atoms with Crippen molar-refractivity contribution in [3.8, 4) is 0 Å². The van der Waals surface area contributed by atoms with Gasteiger partial charge in [-0.2, -0.15) is 0 Å². The average molecular weight is 309 g/mol. The first-order valence-electron chi connectivity index (χ1n) is 7.89. The number of likely N-dealkylation sites (tertiary alicyclic amines) is 1. The van der Waals surface area contributed by atoms with Gasteiger partial charge in [-0.05, 0) is 44.2 Å². The summed E-state index contributed by atoms with van der Waals surface area (Å²) in [5, 5.41) is 9.59. The Labute approximate surface area is 128 Å². The highest BCUT2D eigenvalue weighted by molar-refractivity contribution is 5.83. The minimum Gasteiger partial charge on any atom is -0.393 e. The third kappa shape index (κ3) is 2.86. The highest BCUT2D eigenvalue weighted by atomic mass is 19.1. The fraction of sp³-hybridized carbons (Fsp3) is 0.588. The molecular formula is C17H21F2NO2. The normalized spacial score (nSPS) is 26.8. The van der Waals surface area contributed by atoms with Crippen LogP contribution in [0.5, 0.6) is 0 Å². The smallest absolute Gasteiger partial charge is 0.226 e. The van der Waals surface area contributed by atoms with Crippen LogP contribution in [0.4, 0.5) is 8.78 Å². The van der Waals surface area contributed by atoms with E-state index in [1.54, 1.807) is 11.8 Å². The third-order valence-electron chi connectivity index (χ3n) is 5.01. The van der Waals surface area contributed by atoms with Crippen molar-refractivity contribution in [3.05, 3.63) is 35.4 Å². The lowest BCUT2D eigenvalue weighted by atomic mass is 9.92. The molecule has 1 aliphatic heterocycles. The van der Waals surface area contributed by atoms with E-state index < -0.39 is 11.6 Å². The number of aliphatic hydroxyl groups is 1. The molecule has 3 unspecified atom stereocenters. The predicted octanol–water partition coefficient (Wildman–Crippen LogP) is 2.69. The van der Waals surface area contributed by atoms with E-state index in [0.717, 1.165) is 12.8 Å². The van der Waals surface area contributed by atoms with Gasteiger partial charge in [0, 0.05) is 30.5 Å². The van der Waals surface area contributed by atoms with E-state index in [0.29, 0.717) is 19.5 Å². The highest BCUT2D eigenvalue weighted by Crippen LogP contribution is 2.50. The molecule has 1 N–H and O–H groups in total. The fourth-order valence-electron chi connectivity index (χ4n) is 3.49. The van der Waals surface area contributed by atoms with Crippen LogP contribution in [0.3, 0.4) is 0 Å².